The molecule has 0 saturated heterocycles. The Labute approximate surface area is 112 Å². The minimum absolute atomic E-state index is 0.215. The van der Waals surface area contributed by atoms with E-state index in [1.54, 1.807) is 0 Å². The summed E-state index contributed by atoms with van der Waals surface area (Å²) < 4.78 is 0. The van der Waals surface area contributed by atoms with Crippen LogP contribution < -0.4 is 5.73 Å². The molecule has 2 nitrogen and oxygen atoms in total. The maximum atomic E-state index is 5.92. The summed E-state index contributed by atoms with van der Waals surface area (Å²) in [5.74, 6) is 0. The van der Waals surface area contributed by atoms with Gasteiger partial charge in [0.1, 0.15) is 0 Å². The van der Waals surface area contributed by atoms with E-state index in [0.717, 1.165) is 13.0 Å². The lowest BCUT2D eigenvalue weighted by Gasteiger charge is -2.37. The molecule has 1 unspecified atom stereocenters. The van der Waals surface area contributed by atoms with Crippen molar-refractivity contribution in [3.05, 3.63) is 35.4 Å². The summed E-state index contributed by atoms with van der Waals surface area (Å²) in [5, 5.41) is 0. The highest BCUT2D eigenvalue weighted by molar-refractivity contribution is 5.22. The minimum Gasteiger partial charge on any atom is -0.329 e. The van der Waals surface area contributed by atoms with E-state index in [4.69, 9.17) is 5.73 Å². The molecule has 1 rings (SSSR count). The zero-order chi connectivity index (χ0) is 13.8. The summed E-state index contributed by atoms with van der Waals surface area (Å²) in [4.78, 5) is 2.36. The van der Waals surface area contributed by atoms with Gasteiger partial charge in [0.25, 0.3) is 0 Å². The number of rotatable bonds is 5. The summed E-state index contributed by atoms with van der Waals surface area (Å²) in [6.45, 7) is 10.6. The zero-order valence-corrected chi connectivity index (χ0v) is 12.5. The highest BCUT2D eigenvalue weighted by atomic mass is 15.1. The van der Waals surface area contributed by atoms with Crippen LogP contribution in [0.15, 0.2) is 24.3 Å². The Morgan fingerprint density at radius 2 is 1.61 bits per heavy atom. The molecule has 2 heteroatoms. The van der Waals surface area contributed by atoms with Crippen molar-refractivity contribution in [3.63, 3.8) is 0 Å². The average molecular weight is 248 g/mol. The van der Waals surface area contributed by atoms with Gasteiger partial charge in [0.05, 0.1) is 0 Å². The molecule has 18 heavy (non-hydrogen) atoms. The predicted molar refractivity (Wildman–Crippen MR) is 79.6 cm³/mol. The van der Waals surface area contributed by atoms with Crippen LogP contribution in [0.3, 0.4) is 0 Å². The second-order valence-corrected chi connectivity index (χ2v) is 6.20. The summed E-state index contributed by atoms with van der Waals surface area (Å²) in [6.07, 6.45) is 1.10. The number of benzene rings is 1. The third-order valence-corrected chi connectivity index (χ3v) is 3.62. The van der Waals surface area contributed by atoms with Gasteiger partial charge in [-0.2, -0.15) is 0 Å². The second-order valence-electron chi connectivity index (χ2n) is 6.20. The largest absolute Gasteiger partial charge is 0.329 e. The Balaban J connectivity index is 2.70. The maximum Gasteiger partial charge on any atom is 0.0267 e. The molecule has 0 radical (unpaired) electrons. The molecular formula is C16H28N2. The van der Waals surface area contributed by atoms with Crippen LogP contribution in [0.4, 0.5) is 0 Å². The van der Waals surface area contributed by atoms with Crippen molar-refractivity contribution in [1.82, 2.24) is 4.90 Å². The molecule has 0 amide bonds. The Morgan fingerprint density at radius 1 is 1.11 bits per heavy atom. The van der Waals surface area contributed by atoms with Crippen molar-refractivity contribution in [2.24, 2.45) is 11.1 Å². The van der Waals surface area contributed by atoms with Crippen molar-refractivity contribution < 1.29 is 0 Å². The molecule has 2 N–H and O–H groups in total. The number of nitrogens with two attached hydrogens (primary N) is 1. The lowest BCUT2D eigenvalue weighted by molar-refractivity contribution is 0.125. The fraction of sp³-hybridized carbons (Fsp3) is 0.625. The molecule has 0 aromatic heterocycles. The third-order valence-electron chi connectivity index (χ3n) is 3.62. The van der Waals surface area contributed by atoms with Gasteiger partial charge in [-0.3, -0.25) is 4.90 Å². The molecule has 0 aliphatic carbocycles. The molecule has 0 heterocycles. The van der Waals surface area contributed by atoms with E-state index >= 15 is 0 Å². The van der Waals surface area contributed by atoms with Crippen molar-refractivity contribution in [2.45, 2.75) is 46.7 Å². The van der Waals surface area contributed by atoms with Gasteiger partial charge >= 0.3 is 0 Å². The summed E-state index contributed by atoms with van der Waals surface area (Å²) in [5.41, 5.74) is 8.89. The smallest absolute Gasteiger partial charge is 0.0267 e. The fourth-order valence-corrected chi connectivity index (χ4v) is 2.47. The van der Waals surface area contributed by atoms with E-state index in [1.165, 1.54) is 11.1 Å². The normalized spacial score (nSPS) is 13.9. The van der Waals surface area contributed by atoms with Crippen molar-refractivity contribution in [1.29, 1.82) is 0 Å². The van der Waals surface area contributed by atoms with Crippen LogP contribution in [0.25, 0.3) is 0 Å². The lowest BCUT2D eigenvalue weighted by Crippen LogP contribution is -2.46. The first-order chi connectivity index (χ1) is 8.38. The van der Waals surface area contributed by atoms with E-state index < -0.39 is 0 Å². The van der Waals surface area contributed by atoms with Crippen LogP contribution in [0.1, 0.15) is 38.8 Å². The van der Waals surface area contributed by atoms with Gasteiger partial charge in [-0.15, -0.1) is 0 Å². The Kier molecular flexibility index (Phi) is 5.36. The van der Waals surface area contributed by atoms with E-state index in [9.17, 15) is 0 Å². The molecule has 1 atom stereocenters. The minimum atomic E-state index is 0.215. The molecule has 0 saturated carbocycles. The van der Waals surface area contributed by atoms with Crippen LogP contribution in [-0.4, -0.2) is 24.5 Å². The average Bonchev–Trinajstić information content (AvgIpc) is 2.29. The molecular weight excluding hydrogens is 220 g/mol. The van der Waals surface area contributed by atoms with Gasteiger partial charge in [0, 0.05) is 19.1 Å². The van der Waals surface area contributed by atoms with Gasteiger partial charge in [-0.25, -0.2) is 0 Å². The van der Waals surface area contributed by atoms with Crippen LogP contribution in [0.5, 0.6) is 0 Å². The first kappa shape index (κ1) is 15.2. The van der Waals surface area contributed by atoms with Gasteiger partial charge in [0.15, 0.2) is 0 Å². The Bertz CT molecular complexity index is 348. The number of hydrogen-bond donors (Lipinski definition) is 1. The third kappa shape index (κ3) is 4.11. The highest BCUT2D eigenvalue weighted by Gasteiger charge is 2.26. The summed E-state index contributed by atoms with van der Waals surface area (Å²) in [7, 11) is 2.16. The molecule has 0 bridgehead atoms. The topological polar surface area (TPSA) is 29.3 Å². The number of likely N-dealkylation sites (N-methyl/N-ethyl adjacent to an activating group) is 1. The number of nitrogens with zero attached hydrogens (tertiary/aromatic N) is 1. The van der Waals surface area contributed by atoms with E-state index in [-0.39, 0.29) is 5.41 Å². The Morgan fingerprint density at radius 3 is 2.00 bits per heavy atom. The van der Waals surface area contributed by atoms with Crippen LogP contribution in [-0.2, 0) is 13.0 Å². The van der Waals surface area contributed by atoms with Crippen LogP contribution >= 0.6 is 0 Å². The molecule has 1 aromatic carbocycles. The monoisotopic (exact) mass is 248 g/mol. The SMILES string of the molecule is CCc1ccc(CN(C)C(CN)C(C)(C)C)cc1. The van der Waals surface area contributed by atoms with Crippen molar-refractivity contribution in [3.8, 4) is 0 Å². The van der Waals surface area contributed by atoms with Gasteiger partial charge in [0.2, 0.25) is 0 Å². The van der Waals surface area contributed by atoms with E-state index in [2.05, 4.69) is 63.9 Å². The molecule has 0 aliphatic heterocycles. The van der Waals surface area contributed by atoms with Crippen molar-refractivity contribution in [2.75, 3.05) is 13.6 Å². The standard InChI is InChI=1S/C16H28N2/c1-6-13-7-9-14(10-8-13)12-18(5)15(11-17)16(2,3)4/h7-10,15H,6,11-12,17H2,1-5H3. The molecule has 102 valence electrons. The first-order valence-electron chi connectivity index (χ1n) is 6.86. The fourth-order valence-electron chi connectivity index (χ4n) is 2.47. The maximum absolute atomic E-state index is 5.92. The Hall–Kier alpha value is -0.860. The molecule has 0 aliphatic rings. The van der Waals surface area contributed by atoms with Crippen LogP contribution in [0.2, 0.25) is 0 Å². The highest BCUT2D eigenvalue weighted by Crippen LogP contribution is 2.24. The zero-order valence-electron chi connectivity index (χ0n) is 12.5. The predicted octanol–water partition coefficient (Wildman–Crippen LogP) is 3.05. The van der Waals surface area contributed by atoms with E-state index in [0.29, 0.717) is 12.6 Å². The summed E-state index contributed by atoms with van der Waals surface area (Å²) >= 11 is 0. The van der Waals surface area contributed by atoms with Gasteiger partial charge < -0.3 is 5.73 Å². The van der Waals surface area contributed by atoms with Gasteiger partial charge in [-0.1, -0.05) is 52.0 Å². The lowest BCUT2D eigenvalue weighted by atomic mass is 9.85. The molecule has 0 fully saturated rings. The number of aryl methyl sites for hydroxylation is 1. The first-order valence-corrected chi connectivity index (χ1v) is 6.86. The second kappa shape index (κ2) is 6.35. The van der Waals surface area contributed by atoms with Crippen molar-refractivity contribution >= 4 is 0 Å². The molecule has 1 aromatic rings. The summed E-state index contributed by atoms with van der Waals surface area (Å²) in [6, 6.07) is 9.30. The van der Waals surface area contributed by atoms with Crippen LogP contribution in [0, 0.1) is 5.41 Å². The quantitative estimate of drug-likeness (QED) is 0.868. The number of hydrogen-bond acceptors (Lipinski definition) is 2. The van der Waals surface area contributed by atoms with E-state index in [1.807, 2.05) is 0 Å². The van der Waals surface area contributed by atoms with Gasteiger partial charge in [-0.05, 0) is 30.0 Å². The molecule has 0 spiro atoms.